The molecule has 0 N–H and O–H groups in total. The van der Waals surface area contributed by atoms with Gasteiger partial charge in [0.25, 0.3) is 0 Å². The molecule has 124 valence electrons. The van der Waals surface area contributed by atoms with Gasteiger partial charge in [0.15, 0.2) is 0 Å². The number of anilines is 1. The number of nitriles is 1. The van der Waals surface area contributed by atoms with Gasteiger partial charge in [0.2, 0.25) is 0 Å². The van der Waals surface area contributed by atoms with E-state index in [1.165, 1.54) is 6.07 Å². The summed E-state index contributed by atoms with van der Waals surface area (Å²) in [5.74, 6) is -0.729. The van der Waals surface area contributed by atoms with E-state index in [0.717, 1.165) is 12.1 Å². The number of ether oxygens (including phenoxy) is 1. The van der Waals surface area contributed by atoms with Crippen LogP contribution >= 0.6 is 0 Å². The van der Waals surface area contributed by atoms with Crippen LogP contribution < -0.4 is 4.90 Å². The fourth-order valence-electron chi connectivity index (χ4n) is 2.71. The Morgan fingerprint density at radius 1 is 1.48 bits per heavy atom. The normalized spacial score (nSPS) is 18.4. The number of carbonyl (C=O) groups is 1. The maximum Gasteiger partial charge on any atom is 0.416 e. The molecule has 1 unspecified atom stereocenters. The van der Waals surface area contributed by atoms with Gasteiger partial charge < -0.3 is 9.64 Å². The number of piperidine rings is 1. The second-order valence-corrected chi connectivity index (χ2v) is 5.38. The van der Waals surface area contributed by atoms with Crippen LogP contribution in [0.1, 0.15) is 30.9 Å². The van der Waals surface area contributed by atoms with Gasteiger partial charge in [-0.05, 0) is 38.0 Å². The first-order valence-electron chi connectivity index (χ1n) is 7.39. The molecule has 1 atom stereocenters. The SMILES string of the molecule is CCOC(=O)C1CCCN(c2cc(C(F)(F)F)ccc2C#N)C1. The van der Waals surface area contributed by atoms with E-state index in [4.69, 9.17) is 10.00 Å². The molecule has 1 aromatic rings. The van der Waals surface area contributed by atoms with Crippen molar-refractivity contribution in [1.29, 1.82) is 5.26 Å². The smallest absolute Gasteiger partial charge is 0.416 e. The minimum atomic E-state index is -4.47. The molecule has 2 rings (SSSR count). The van der Waals surface area contributed by atoms with E-state index in [2.05, 4.69) is 0 Å². The molecule has 1 heterocycles. The van der Waals surface area contributed by atoms with Crippen LogP contribution in [0, 0.1) is 17.2 Å². The van der Waals surface area contributed by atoms with E-state index in [9.17, 15) is 18.0 Å². The lowest BCUT2D eigenvalue weighted by Crippen LogP contribution is -2.39. The van der Waals surface area contributed by atoms with E-state index in [1.54, 1.807) is 11.8 Å². The molecular formula is C16H17F3N2O2. The zero-order chi connectivity index (χ0) is 17.0. The largest absolute Gasteiger partial charge is 0.466 e. The number of benzene rings is 1. The Bertz CT molecular complexity index is 623. The summed E-state index contributed by atoms with van der Waals surface area (Å²) in [6, 6.07) is 4.96. The van der Waals surface area contributed by atoms with E-state index in [1.807, 2.05) is 6.07 Å². The van der Waals surface area contributed by atoms with Gasteiger partial charge in [-0.3, -0.25) is 4.79 Å². The Morgan fingerprint density at radius 3 is 2.83 bits per heavy atom. The van der Waals surface area contributed by atoms with Crippen molar-refractivity contribution in [3.63, 3.8) is 0 Å². The first-order valence-corrected chi connectivity index (χ1v) is 7.39. The Balaban J connectivity index is 2.29. The molecule has 4 nitrogen and oxygen atoms in total. The van der Waals surface area contributed by atoms with Crippen LogP contribution in [0.15, 0.2) is 18.2 Å². The summed E-state index contributed by atoms with van der Waals surface area (Å²) < 4.78 is 43.7. The van der Waals surface area contributed by atoms with Crippen molar-refractivity contribution in [2.24, 2.45) is 5.92 Å². The van der Waals surface area contributed by atoms with Crippen LogP contribution in [0.5, 0.6) is 0 Å². The number of halogens is 3. The third kappa shape index (κ3) is 3.95. The molecular weight excluding hydrogens is 309 g/mol. The zero-order valence-electron chi connectivity index (χ0n) is 12.7. The Morgan fingerprint density at radius 2 is 2.22 bits per heavy atom. The van der Waals surface area contributed by atoms with Gasteiger partial charge in [0.05, 0.1) is 29.3 Å². The number of rotatable bonds is 3. The molecule has 0 radical (unpaired) electrons. The van der Waals surface area contributed by atoms with Crippen LogP contribution in [-0.4, -0.2) is 25.7 Å². The van der Waals surface area contributed by atoms with Gasteiger partial charge in [-0.2, -0.15) is 18.4 Å². The number of nitrogens with zero attached hydrogens (tertiary/aromatic N) is 2. The number of hydrogen-bond acceptors (Lipinski definition) is 4. The third-order valence-corrected chi connectivity index (χ3v) is 3.83. The van der Waals surface area contributed by atoms with E-state index in [0.29, 0.717) is 19.4 Å². The lowest BCUT2D eigenvalue weighted by Gasteiger charge is -2.34. The molecule has 1 fully saturated rings. The lowest BCUT2D eigenvalue weighted by atomic mass is 9.96. The lowest BCUT2D eigenvalue weighted by molar-refractivity contribution is -0.148. The van der Waals surface area contributed by atoms with Gasteiger partial charge in [0, 0.05) is 13.1 Å². The highest BCUT2D eigenvalue weighted by molar-refractivity contribution is 5.74. The topological polar surface area (TPSA) is 53.3 Å². The number of carbonyl (C=O) groups excluding carboxylic acids is 1. The molecule has 7 heteroatoms. The fourth-order valence-corrected chi connectivity index (χ4v) is 2.71. The van der Waals surface area contributed by atoms with Crippen molar-refractivity contribution in [3.8, 4) is 6.07 Å². The first-order chi connectivity index (χ1) is 10.9. The maximum atomic E-state index is 12.9. The summed E-state index contributed by atoms with van der Waals surface area (Å²) >= 11 is 0. The van der Waals surface area contributed by atoms with Crippen LogP contribution in [-0.2, 0) is 15.7 Å². The monoisotopic (exact) mass is 326 g/mol. The average Bonchev–Trinajstić information content (AvgIpc) is 2.53. The number of esters is 1. The summed E-state index contributed by atoms with van der Waals surface area (Å²) in [7, 11) is 0. The number of hydrogen-bond donors (Lipinski definition) is 0. The molecule has 0 bridgehead atoms. The maximum absolute atomic E-state index is 12.9. The Kier molecular flexibility index (Phi) is 5.14. The summed E-state index contributed by atoms with van der Waals surface area (Å²) in [5.41, 5.74) is -0.413. The highest BCUT2D eigenvalue weighted by atomic mass is 19.4. The van der Waals surface area contributed by atoms with Gasteiger partial charge in [0.1, 0.15) is 6.07 Å². The number of alkyl halides is 3. The predicted molar refractivity (Wildman–Crippen MR) is 77.7 cm³/mol. The van der Waals surface area contributed by atoms with Crippen molar-refractivity contribution in [2.75, 3.05) is 24.6 Å². The van der Waals surface area contributed by atoms with Gasteiger partial charge in [-0.25, -0.2) is 0 Å². The highest BCUT2D eigenvalue weighted by Crippen LogP contribution is 2.34. The van der Waals surface area contributed by atoms with Crippen molar-refractivity contribution in [2.45, 2.75) is 25.9 Å². The molecule has 1 aliphatic rings. The molecule has 0 spiro atoms. The molecule has 1 aliphatic heterocycles. The summed E-state index contributed by atoms with van der Waals surface area (Å²) in [6.07, 6.45) is -3.18. The van der Waals surface area contributed by atoms with Gasteiger partial charge >= 0.3 is 12.1 Å². The quantitative estimate of drug-likeness (QED) is 0.799. The van der Waals surface area contributed by atoms with E-state index < -0.39 is 11.7 Å². The fraction of sp³-hybridized carbons (Fsp3) is 0.500. The predicted octanol–water partition coefficient (Wildman–Crippen LogP) is 3.36. The molecule has 0 aliphatic carbocycles. The van der Waals surface area contributed by atoms with Crippen molar-refractivity contribution in [1.82, 2.24) is 0 Å². The van der Waals surface area contributed by atoms with E-state index in [-0.39, 0.29) is 36.3 Å². The molecule has 1 saturated heterocycles. The molecule has 23 heavy (non-hydrogen) atoms. The van der Waals surface area contributed by atoms with Gasteiger partial charge in [-0.15, -0.1) is 0 Å². The van der Waals surface area contributed by atoms with Gasteiger partial charge in [-0.1, -0.05) is 0 Å². The average molecular weight is 326 g/mol. The van der Waals surface area contributed by atoms with E-state index >= 15 is 0 Å². The first kappa shape index (κ1) is 17.1. The summed E-state index contributed by atoms with van der Waals surface area (Å²) in [4.78, 5) is 13.5. The zero-order valence-corrected chi connectivity index (χ0v) is 12.7. The summed E-state index contributed by atoms with van der Waals surface area (Å²) in [5, 5.41) is 9.15. The van der Waals surface area contributed by atoms with Crippen LogP contribution in [0.4, 0.5) is 18.9 Å². The van der Waals surface area contributed by atoms with Crippen molar-refractivity contribution in [3.05, 3.63) is 29.3 Å². The Hall–Kier alpha value is -2.23. The second-order valence-electron chi connectivity index (χ2n) is 5.38. The minimum absolute atomic E-state index is 0.169. The van der Waals surface area contributed by atoms with Crippen molar-refractivity contribution < 1.29 is 22.7 Å². The minimum Gasteiger partial charge on any atom is -0.466 e. The molecule has 1 aromatic carbocycles. The second kappa shape index (κ2) is 6.90. The van der Waals surface area contributed by atoms with Crippen LogP contribution in [0.3, 0.4) is 0 Å². The molecule has 0 saturated carbocycles. The highest BCUT2D eigenvalue weighted by Gasteiger charge is 2.33. The molecule has 0 aromatic heterocycles. The third-order valence-electron chi connectivity index (χ3n) is 3.83. The summed E-state index contributed by atoms with van der Waals surface area (Å²) in [6.45, 7) is 2.74. The van der Waals surface area contributed by atoms with Crippen molar-refractivity contribution >= 4 is 11.7 Å². The van der Waals surface area contributed by atoms with Crippen LogP contribution in [0.25, 0.3) is 0 Å². The standard InChI is InChI=1S/C16H17F3N2O2/c1-2-23-15(22)12-4-3-7-21(10-12)14-8-13(16(17,18)19)6-5-11(14)9-20/h5-6,8,12H,2-4,7,10H2,1H3. The molecule has 0 amide bonds. The Labute approximate surface area is 132 Å². The van der Waals surface area contributed by atoms with Crippen LogP contribution in [0.2, 0.25) is 0 Å².